The Morgan fingerprint density at radius 3 is 2.08 bits per heavy atom. The van der Waals surface area contributed by atoms with E-state index in [2.05, 4.69) is 9.93 Å². The lowest BCUT2D eigenvalue weighted by Gasteiger charge is -2.14. The third-order valence-electron chi connectivity index (χ3n) is 5.23. The number of hydrogen-bond acceptors (Lipinski definition) is 7. The minimum absolute atomic E-state index is 0.246. The number of ether oxygens (including phenoxy) is 2. The van der Waals surface area contributed by atoms with Crippen molar-refractivity contribution in [2.45, 2.75) is 24.7 Å². The minimum Gasteiger partial charge on any atom is -0.493 e. The van der Waals surface area contributed by atoms with Crippen molar-refractivity contribution in [3.63, 3.8) is 0 Å². The van der Waals surface area contributed by atoms with Crippen molar-refractivity contribution < 1.29 is 37.7 Å². The van der Waals surface area contributed by atoms with E-state index in [1.807, 2.05) is 6.92 Å². The molecular weight excluding hydrogens is 500 g/mol. The molecule has 0 bridgehead atoms. The number of sulfonamides is 1. The largest absolute Gasteiger partial charge is 0.493 e. The van der Waals surface area contributed by atoms with Crippen molar-refractivity contribution in [2.75, 3.05) is 13.7 Å². The zero-order valence-corrected chi connectivity index (χ0v) is 21.0. The molecule has 0 aliphatic heterocycles. The fraction of sp³-hybridized carbons (Fsp3) is 0.192. The van der Waals surface area contributed by atoms with Gasteiger partial charge in [0.2, 0.25) is 0 Å². The van der Waals surface area contributed by atoms with Gasteiger partial charge in [-0.15, -0.1) is 0 Å². The first-order chi connectivity index (χ1) is 17.7. The molecule has 0 unspecified atom stereocenters. The van der Waals surface area contributed by atoms with E-state index in [0.29, 0.717) is 29.2 Å². The van der Waals surface area contributed by atoms with E-state index in [1.54, 1.807) is 48.5 Å². The van der Waals surface area contributed by atoms with Gasteiger partial charge in [0.15, 0.2) is 11.5 Å². The van der Waals surface area contributed by atoms with Crippen LogP contribution in [0.1, 0.15) is 51.6 Å². The summed E-state index contributed by atoms with van der Waals surface area (Å²) in [6.07, 6.45) is 1.84. The highest BCUT2D eigenvalue weighted by Crippen LogP contribution is 2.29. The van der Waals surface area contributed by atoms with E-state index in [4.69, 9.17) is 9.47 Å². The number of aromatic carboxylic acids is 2. The number of rotatable bonds is 12. The molecule has 0 fully saturated rings. The second-order valence-electron chi connectivity index (χ2n) is 7.85. The summed E-state index contributed by atoms with van der Waals surface area (Å²) < 4.78 is 37.3. The number of carbonyl (C=O) groups is 2. The van der Waals surface area contributed by atoms with Crippen LogP contribution in [0.2, 0.25) is 0 Å². The molecule has 0 amide bonds. The molecule has 0 spiro atoms. The Balaban J connectivity index is 2.05. The number of benzene rings is 3. The van der Waals surface area contributed by atoms with E-state index in [-0.39, 0.29) is 5.71 Å². The van der Waals surface area contributed by atoms with Crippen LogP contribution in [-0.4, -0.2) is 50.0 Å². The fourth-order valence-electron chi connectivity index (χ4n) is 3.31. The number of hydrazone groups is 1. The maximum Gasteiger partial charge on any atom is 0.335 e. The quantitative estimate of drug-likeness (QED) is 0.182. The number of nitrogens with zero attached hydrogens (tertiary/aromatic N) is 1. The molecule has 0 aliphatic carbocycles. The predicted molar refractivity (Wildman–Crippen MR) is 136 cm³/mol. The number of carboxylic acid groups (broad SMARTS) is 2. The molecule has 11 heteroatoms. The Kier molecular flexibility index (Phi) is 8.86. The summed E-state index contributed by atoms with van der Waals surface area (Å²) in [4.78, 5) is 24.4. The molecule has 3 aromatic carbocycles. The van der Waals surface area contributed by atoms with E-state index in [0.717, 1.165) is 31.0 Å². The molecule has 3 rings (SSSR count). The monoisotopic (exact) mass is 526 g/mol. The average molecular weight is 527 g/mol. The number of unbranched alkanes of at least 4 members (excludes halogenated alkanes) is 1. The molecular formula is C26H26N2O8S. The van der Waals surface area contributed by atoms with Crippen LogP contribution in [-0.2, 0) is 10.0 Å². The minimum atomic E-state index is -4.44. The molecule has 0 heterocycles. The molecule has 3 aromatic rings. The lowest BCUT2D eigenvalue weighted by molar-refractivity contribution is 0.0696. The van der Waals surface area contributed by atoms with Crippen LogP contribution in [0.5, 0.6) is 11.5 Å². The highest BCUT2D eigenvalue weighted by molar-refractivity contribution is 7.89. The SMILES string of the molecule is CCCCOc1ccc(/C(=N\NS(=O)(=O)c2cc(C(=O)O)cc(C(=O)O)c2)c2ccccc2)cc1OC. The van der Waals surface area contributed by atoms with Crippen LogP contribution in [0.3, 0.4) is 0 Å². The van der Waals surface area contributed by atoms with Crippen molar-refractivity contribution in [3.05, 3.63) is 89.0 Å². The Labute approximate surface area is 214 Å². The van der Waals surface area contributed by atoms with Gasteiger partial charge in [-0.3, -0.25) is 0 Å². The average Bonchev–Trinajstić information content (AvgIpc) is 2.89. The molecule has 0 aromatic heterocycles. The molecule has 37 heavy (non-hydrogen) atoms. The van der Waals surface area contributed by atoms with E-state index >= 15 is 0 Å². The van der Waals surface area contributed by atoms with Crippen molar-refractivity contribution in [3.8, 4) is 11.5 Å². The van der Waals surface area contributed by atoms with Crippen LogP contribution in [0.25, 0.3) is 0 Å². The van der Waals surface area contributed by atoms with Gasteiger partial charge in [0.05, 0.1) is 35.5 Å². The van der Waals surface area contributed by atoms with Crippen molar-refractivity contribution in [1.29, 1.82) is 0 Å². The Hall–Kier alpha value is -4.38. The van der Waals surface area contributed by atoms with Crippen molar-refractivity contribution in [2.24, 2.45) is 5.10 Å². The third-order valence-corrected chi connectivity index (χ3v) is 6.42. The maximum absolute atomic E-state index is 13.0. The number of carboxylic acids is 2. The summed E-state index contributed by atoms with van der Waals surface area (Å²) in [5, 5.41) is 22.7. The van der Waals surface area contributed by atoms with Gasteiger partial charge in [0, 0.05) is 11.1 Å². The Morgan fingerprint density at radius 1 is 0.865 bits per heavy atom. The first kappa shape index (κ1) is 27.2. The standard InChI is InChI=1S/C26H26N2O8S/c1-3-4-12-36-22-11-10-18(16-23(22)35-2)24(17-8-6-5-7-9-17)27-28-37(33,34)21-14-19(25(29)30)13-20(15-21)26(31)32/h5-11,13-16,28H,3-4,12H2,1-2H3,(H,29,30)(H,31,32)/b27-24-. The number of methoxy groups -OCH3 is 1. The number of hydrogen-bond donors (Lipinski definition) is 3. The molecule has 0 saturated heterocycles. The lowest BCUT2D eigenvalue weighted by atomic mass is 10.0. The second kappa shape index (κ2) is 12.0. The molecule has 194 valence electrons. The third kappa shape index (κ3) is 6.85. The zero-order chi connectivity index (χ0) is 27.0. The topological polar surface area (TPSA) is 152 Å². The molecule has 0 atom stereocenters. The van der Waals surface area contributed by atoms with Gasteiger partial charge < -0.3 is 19.7 Å². The highest BCUT2D eigenvalue weighted by atomic mass is 32.2. The van der Waals surface area contributed by atoms with Gasteiger partial charge >= 0.3 is 11.9 Å². The second-order valence-corrected chi connectivity index (χ2v) is 9.51. The van der Waals surface area contributed by atoms with Gasteiger partial charge in [0.1, 0.15) is 0 Å². The van der Waals surface area contributed by atoms with Crippen LogP contribution < -0.4 is 14.3 Å². The van der Waals surface area contributed by atoms with Gasteiger partial charge in [-0.2, -0.15) is 18.4 Å². The van der Waals surface area contributed by atoms with Crippen LogP contribution in [0, 0.1) is 0 Å². The van der Waals surface area contributed by atoms with Crippen molar-refractivity contribution >= 4 is 27.7 Å². The first-order valence-corrected chi connectivity index (χ1v) is 12.7. The summed E-state index contributed by atoms with van der Waals surface area (Å²) in [7, 11) is -2.95. The summed E-state index contributed by atoms with van der Waals surface area (Å²) in [5.74, 6) is -1.98. The smallest absolute Gasteiger partial charge is 0.335 e. The zero-order valence-electron chi connectivity index (χ0n) is 20.2. The first-order valence-electron chi connectivity index (χ1n) is 11.2. The van der Waals surface area contributed by atoms with E-state index in [1.165, 1.54) is 7.11 Å². The molecule has 3 N–H and O–H groups in total. The van der Waals surface area contributed by atoms with Gasteiger partial charge in [0.25, 0.3) is 10.0 Å². The maximum atomic E-state index is 13.0. The van der Waals surface area contributed by atoms with Crippen LogP contribution >= 0.6 is 0 Å². The summed E-state index contributed by atoms with van der Waals surface area (Å²) >= 11 is 0. The Morgan fingerprint density at radius 2 is 1.51 bits per heavy atom. The summed E-state index contributed by atoms with van der Waals surface area (Å²) in [6, 6.07) is 16.4. The van der Waals surface area contributed by atoms with Gasteiger partial charge in [-0.1, -0.05) is 43.7 Å². The normalized spacial score (nSPS) is 11.6. The van der Waals surface area contributed by atoms with Gasteiger partial charge in [-0.05, 0) is 42.8 Å². The Bertz CT molecular complexity index is 1390. The number of nitrogens with one attached hydrogen (secondary N) is 1. The highest BCUT2D eigenvalue weighted by Gasteiger charge is 2.21. The molecule has 0 saturated carbocycles. The predicted octanol–water partition coefficient (Wildman–Crippen LogP) is 4.00. The summed E-state index contributed by atoms with van der Waals surface area (Å²) in [5.41, 5.74) is 0.360. The molecule has 0 radical (unpaired) electrons. The van der Waals surface area contributed by atoms with E-state index < -0.39 is 38.0 Å². The summed E-state index contributed by atoms with van der Waals surface area (Å²) in [6.45, 7) is 2.56. The van der Waals surface area contributed by atoms with Crippen LogP contribution in [0.4, 0.5) is 0 Å². The van der Waals surface area contributed by atoms with Crippen LogP contribution in [0.15, 0.2) is 76.7 Å². The van der Waals surface area contributed by atoms with Crippen molar-refractivity contribution in [1.82, 2.24) is 4.83 Å². The molecule has 10 nitrogen and oxygen atoms in total. The fourth-order valence-corrected chi connectivity index (χ4v) is 4.19. The van der Waals surface area contributed by atoms with Gasteiger partial charge in [-0.25, -0.2) is 9.59 Å². The lowest BCUT2D eigenvalue weighted by Crippen LogP contribution is -2.22. The molecule has 0 aliphatic rings. The van der Waals surface area contributed by atoms with E-state index in [9.17, 15) is 28.2 Å².